The Morgan fingerprint density at radius 3 is 3.00 bits per heavy atom. The maximum absolute atomic E-state index is 10.5. The van der Waals surface area contributed by atoms with Gasteiger partial charge in [0.25, 0.3) is 0 Å². The van der Waals surface area contributed by atoms with Crippen molar-refractivity contribution in [3.8, 4) is 11.5 Å². The van der Waals surface area contributed by atoms with Crippen LogP contribution >= 0.6 is 15.9 Å². The molecule has 0 aromatic heterocycles. The quantitative estimate of drug-likeness (QED) is 0.690. The van der Waals surface area contributed by atoms with Gasteiger partial charge in [-0.05, 0) is 28.1 Å². The summed E-state index contributed by atoms with van der Waals surface area (Å²) in [6.07, 6.45) is 0.770. The van der Waals surface area contributed by atoms with E-state index in [4.69, 9.17) is 9.47 Å². The number of carbonyl (C=O) groups excluding carboxylic acids is 1. The minimum atomic E-state index is 0.218. The van der Waals surface area contributed by atoms with Gasteiger partial charge in [0, 0.05) is 5.56 Å². The van der Waals surface area contributed by atoms with Gasteiger partial charge in [0.05, 0.1) is 4.47 Å². The number of rotatable bonds is 1. The second kappa shape index (κ2) is 2.79. The van der Waals surface area contributed by atoms with E-state index in [2.05, 4.69) is 15.9 Å². The molecule has 1 aliphatic rings. The largest absolute Gasteiger partial charge is 0.454 e. The Bertz CT molecular complexity index is 335. The van der Waals surface area contributed by atoms with Gasteiger partial charge in [0.2, 0.25) is 6.79 Å². The van der Waals surface area contributed by atoms with Crippen LogP contribution in [0.5, 0.6) is 11.5 Å². The van der Waals surface area contributed by atoms with Crippen LogP contribution in [0.2, 0.25) is 0 Å². The van der Waals surface area contributed by atoms with Crippen LogP contribution in [0.1, 0.15) is 10.4 Å². The van der Waals surface area contributed by atoms with Crippen molar-refractivity contribution in [2.24, 2.45) is 0 Å². The van der Waals surface area contributed by atoms with Gasteiger partial charge >= 0.3 is 0 Å². The highest BCUT2D eigenvalue weighted by Crippen LogP contribution is 2.40. The fraction of sp³-hybridized carbons (Fsp3) is 0.125. The van der Waals surface area contributed by atoms with E-state index in [0.717, 1.165) is 6.29 Å². The first kappa shape index (κ1) is 7.61. The maximum atomic E-state index is 10.5. The third kappa shape index (κ3) is 0.992. The van der Waals surface area contributed by atoms with Gasteiger partial charge in [0.1, 0.15) is 0 Å². The molecule has 0 spiro atoms. The first-order valence-electron chi connectivity index (χ1n) is 3.36. The maximum Gasteiger partial charge on any atom is 0.231 e. The molecule has 0 amide bonds. The van der Waals surface area contributed by atoms with E-state index >= 15 is 0 Å². The number of hydrogen-bond acceptors (Lipinski definition) is 3. The second-order valence-electron chi connectivity index (χ2n) is 2.32. The molecule has 3 nitrogen and oxygen atoms in total. The molecule has 62 valence electrons. The van der Waals surface area contributed by atoms with E-state index in [1.54, 1.807) is 12.1 Å². The van der Waals surface area contributed by atoms with Crippen LogP contribution in [0.4, 0.5) is 0 Å². The molecule has 2 rings (SSSR count). The van der Waals surface area contributed by atoms with E-state index in [-0.39, 0.29) is 6.79 Å². The van der Waals surface area contributed by atoms with Crippen molar-refractivity contribution >= 4 is 22.2 Å². The van der Waals surface area contributed by atoms with Gasteiger partial charge in [-0.3, -0.25) is 4.79 Å². The standard InChI is InChI=1S/C8H5BrO3/c9-7-5(3-10)1-2-6-8(7)12-4-11-6/h1-3H,4H2. The number of benzene rings is 1. The molecule has 0 atom stereocenters. The number of halogens is 1. The van der Waals surface area contributed by atoms with Crippen molar-refractivity contribution in [2.75, 3.05) is 6.79 Å². The van der Waals surface area contributed by atoms with Crippen molar-refractivity contribution < 1.29 is 14.3 Å². The molecule has 1 aromatic carbocycles. The topological polar surface area (TPSA) is 35.5 Å². The van der Waals surface area contributed by atoms with Gasteiger partial charge in [-0.1, -0.05) is 0 Å². The number of fused-ring (bicyclic) bond motifs is 1. The minimum Gasteiger partial charge on any atom is -0.454 e. The third-order valence-corrected chi connectivity index (χ3v) is 2.45. The fourth-order valence-corrected chi connectivity index (χ4v) is 1.58. The van der Waals surface area contributed by atoms with E-state index in [1.165, 1.54) is 0 Å². The summed E-state index contributed by atoms with van der Waals surface area (Å²) in [7, 11) is 0. The summed E-state index contributed by atoms with van der Waals surface area (Å²) in [6.45, 7) is 0.218. The lowest BCUT2D eigenvalue weighted by atomic mass is 10.2. The van der Waals surface area contributed by atoms with Gasteiger partial charge < -0.3 is 9.47 Å². The molecule has 0 unspecified atom stereocenters. The van der Waals surface area contributed by atoms with E-state index in [0.29, 0.717) is 21.5 Å². The zero-order valence-electron chi connectivity index (χ0n) is 6.04. The van der Waals surface area contributed by atoms with Crippen LogP contribution in [0.15, 0.2) is 16.6 Å². The summed E-state index contributed by atoms with van der Waals surface area (Å²) < 4.78 is 10.9. The average molecular weight is 229 g/mol. The van der Waals surface area contributed by atoms with Crippen molar-refractivity contribution in [2.45, 2.75) is 0 Å². The van der Waals surface area contributed by atoms with Crippen molar-refractivity contribution in [3.05, 3.63) is 22.2 Å². The lowest BCUT2D eigenvalue weighted by Crippen LogP contribution is -1.93. The Hall–Kier alpha value is -1.03. The van der Waals surface area contributed by atoms with Gasteiger partial charge in [0.15, 0.2) is 17.8 Å². The van der Waals surface area contributed by atoms with Crippen molar-refractivity contribution in [3.63, 3.8) is 0 Å². The van der Waals surface area contributed by atoms with E-state index < -0.39 is 0 Å². The molecular weight excluding hydrogens is 224 g/mol. The summed E-state index contributed by atoms with van der Waals surface area (Å²) in [5.41, 5.74) is 0.569. The zero-order valence-corrected chi connectivity index (χ0v) is 7.63. The first-order chi connectivity index (χ1) is 5.83. The normalized spacial score (nSPS) is 13.1. The predicted octanol–water partition coefficient (Wildman–Crippen LogP) is 1.99. The summed E-state index contributed by atoms with van der Waals surface area (Å²) in [6, 6.07) is 3.40. The molecule has 12 heavy (non-hydrogen) atoms. The smallest absolute Gasteiger partial charge is 0.231 e. The van der Waals surface area contributed by atoms with Gasteiger partial charge in [-0.25, -0.2) is 0 Å². The molecule has 0 saturated carbocycles. The number of aldehydes is 1. The van der Waals surface area contributed by atoms with Gasteiger partial charge in [-0.15, -0.1) is 0 Å². The highest BCUT2D eigenvalue weighted by molar-refractivity contribution is 9.10. The highest BCUT2D eigenvalue weighted by atomic mass is 79.9. The number of carbonyl (C=O) groups is 1. The predicted molar refractivity (Wildman–Crippen MR) is 45.7 cm³/mol. The van der Waals surface area contributed by atoms with Gasteiger partial charge in [-0.2, -0.15) is 0 Å². The lowest BCUT2D eigenvalue weighted by Gasteiger charge is -2.00. The Morgan fingerprint density at radius 1 is 1.42 bits per heavy atom. The minimum absolute atomic E-state index is 0.218. The fourth-order valence-electron chi connectivity index (χ4n) is 1.04. The summed E-state index contributed by atoms with van der Waals surface area (Å²) in [5.74, 6) is 1.28. The van der Waals surface area contributed by atoms with Crippen LogP contribution in [0, 0.1) is 0 Å². The lowest BCUT2D eigenvalue weighted by molar-refractivity contribution is 0.112. The molecule has 0 saturated heterocycles. The van der Waals surface area contributed by atoms with Crippen LogP contribution in [-0.4, -0.2) is 13.1 Å². The number of ether oxygens (including phenoxy) is 2. The summed E-state index contributed by atoms with van der Waals surface area (Å²) >= 11 is 3.26. The summed E-state index contributed by atoms with van der Waals surface area (Å²) in [5, 5.41) is 0. The van der Waals surface area contributed by atoms with Crippen LogP contribution in [0.3, 0.4) is 0 Å². The molecule has 1 aromatic rings. The first-order valence-corrected chi connectivity index (χ1v) is 4.15. The van der Waals surface area contributed by atoms with Crippen molar-refractivity contribution in [1.29, 1.82) is 0 Å². The molecule has 0 N–H and O–H groups in total. The molecule has 0 radical (unpaired) electrons. The molecule has 1 heterocycles. The number of hydrogen-bond donors (Lipinski definition) is 0. The Kier molecular flexibility index (Phi) is 1.77. The van der Waals surface area contributed by atoms with E-state index in [9.17, 15) is 4.79 Å². The molecule has 0 fully saturated rings. The second-order valence-corrected chi connectivity index (χ2v) is 3.11. The van der Waals surface area contributed by atoms with E-state index in [1.807, 2.05) is 0 Å². The van der Waals surface area contributed by atoms with Crippen LogP contribution < -0.4 is 9.47 Å². The Labute approximate surface area is 77.4 Å². The monoisotopic (exact) mass is 228 g/mol. The highest BCUT2D eigenvalue weighted by Gasteiger charge is 2.18. The average Bonchev–Trinajstić information content (AvgIpc) is 2.53. The molecular formula is C8H5BrO3. The Balaban J connectivity index is 2.61. The molecule has 0 bridgehead atoms. The zero-order chi connectivity index (χ0) is 8.55. The third-order valence-electron chi connectivity index (χ3n) is 1.64. The molecule has 1 aliphatic heterocycles. The van der Waals surface area contributed by atoms with Crippen molar-refractivity contribution in [1.82, 2.24) is 0 Å². The summed E-state index contributed by atoms with van der Waals surface area (Å²) in [4.78, 5) is 10.5. The molecule has 0 aliphatic carbocycles. The van der Waals surface area contributed by atoms with Crippen LogP contribution in [-0.2, 0) is 0 Å². The van der Waals surface area contributed by atoms with Crippen LogP contribution in [0.25, 0.3) is 0 Å². The molecule has 4 heteroatoms. The Morgan fingerprint density at radius 2 is 2.25 bits per heavy atom. The SMILES string of the molecule is O=Cc1ccc2c(c1Br)OCO2.